The molecular formula is C17H19ClN2O3S2. The molecule has 5 nitrogen and oxygen atoms in total. The van der Waals surface area contributed by atoms with Crippen molar-refractivity contribution in [3.05, 3.63) is 59.1 Å². The zero-order chi connectivity index (χ0) is 18.4. The zero-order valence-electron chi connectivity index (χ0n) is 13.9. The number of carbonyl (C=O) groups excluding carboxylic acids is 1. The summed E-state index contributed by atoms with van der Waals surface area (Å²) in [6.45, 7) is 0. The Kier molecular flexibility index (Phi) is 6.89. The van der Waals surface area contributed by atoms with Crippen molar-refractivity contribution < 1.29 is 13.2 Å². The summed E-state index contributed by atoms with van der Waals surface area (Å²) in [6.07, 6.45) is 0. The fraction of sp³-hybridized carbons (Fsp3) is 0.235. The largest absolute Gasteiger partial charge is 0.325 e. The lowest BCUT2D eigenvalue weighted by Gasteiger charge is -2.12. The third kappa shape index (κ3) is 5.74. The fourth-order valence-corrected chi connectivity index (χ4v) is 3.97. The highest BCUT2D eigenvalue weighted by atomic mass is 35.5. The highest BCUT2D eigenvalue weighted by molar-refractivity contribution is 7.99. The zero-order valence-corrected chi connectivity index (χ0v) is 16.3. The first-order valence-electron chi connectivity index (χ1n) is 7.43. The van der Waals surface area contributed by atoms with E-state index in [2.05, 4.69) is 5.32 Å². The third-order valence-electron chi connectivity index (χ3n) is 3.29. The van der Waals surface area contributed by atoms with E-state index in [1.54, 1.807) is 18.2 Å². The monoisotopic (exact) mass is 398 g/mol. The second-order valence-electron chi connectivity index (χ2n) is 5.49. The number of hydrogen-bond acceptors (Lipinski definition) is 4. The van der Waals surface area contributed by atoms with E-state index < -0.39 is 10.0 Å². The van der Waals surface area contributed by atoms with Crippen LogP contribution in [0.1, 0.15) is 5.56 Å². The van der Waals surface area contributed by atoms with E-state index in [0.29, 0.717) is 16.5 Å². The van der Waals surface area contributed by atoms with Gasteiger partial charge in [-0.15, -0.1) is 11.8 Å². The van der Waals surface area contributed by atoms with Crippen LogP contribution >= 0.6 is 23.4 Å². The number of sulfonamides is 1. The van der Waals surface area contributed by atoms with Crippen molar-refractivity contribution in [3.63, 3.8) is 0 Å². The molecular weight excluding hydrogens is 380 g/mol. The summed E-state index contributed by atoms with van der Waals surface area (Å²) in [6, 6.07) is 13.7. The molecule has 0 aliphatic heterocycles. The summed E-state index contributed by atoms with van der Waals surface area (Å²) >= 11 is 7.39. The molecule has 0 saturated carbocycles. The third-order valence-corrected chi connectivity index (χ3v) is 6.34. The lowest BCUT2D eigenvalue weighted by molar-refractivity contribution is -0.113. The quantitative estimate of drug-likeness (QED) is 0.775. The predicted octanol–water partition coefficient (Wildman–Crippen LogP) is 3.46. The van der Waals surface area contributed by atoms with Gasteiger partial charge in [0.15, 0.2) is 0 Å². The molecule has 0 unspecified atom stereocenters. The highest BCUT2D eigenvalue weighted by Crippen LogP contribution is 2.19. The van der Waals surface area contributed by atoms with Gasteiger partial charge >= 0.3 is 0 Å². The molecule has 1 amide bonds. The van der Waals surface area contributed by atoms with Crippen molar-refractivity contribution in [1.82, 2.24) is 4.31 Å². The van der Waals surface area contributed by atoms with Crippen LogP contribution in [0.2, 0.25) is 5.02 Å². The molecule has 0 bridgehead atoms. The molecule has 0 radical (unpaired) electrons. The SMILES string of the molecule is CN(C)S(=O)(=O)c1cccc(NC(=O)CSCc2cccc(Cl)c2)c1. The van der Waals surface area contributed by atoms with Gasteiger partial charge in [0.25, 0.3) is 0 Å². The fourth-order valence-electron chi connectivity index (χ4n) is 2.03. The van der Waals surface area contributed by atoms with Crippen LogP contribution in [-0.2, 0) is 20.6 Å². The second-order valence-corrected chi connectivity index (χ2v) is 9.06. The minimum atomic E-state index is -3.53. The number of rotatable bonds is 7. The smallest absolute Gasteiger partial charge is 0.242 e. The number of hydrogen-bond donors (Lipinski definition) is 1. The minimum Gasteiger partial charge on any atom is -0.325 e. The predicted molar refractivity (Wildman–Crippen MR) is 104 cm³/mol. The van der Waals surface area contributed by atoms with Gasteiger partial charge in [-0.25, -0.2) is 12.7 Å². The topological polar surface area (TPSA) is 66.5 Å². The molecule has 134 valence electrons. The van der Waals surface area contributed by atoms with Crippen LogP contribution in [-0.4, -0.2) is 38.5 Å². The summed E-state index contributed by atoms with van der Waals surface area (Å²) in [5, 5.41) is 3.39. The van der Waals surface area contributed by atoms with Gasteiger partial charge in [0.05, 0.1) is 10.6 Å². The molecule has 8 heteroatoms. The average molecular weight is 399 g/mol. The van der Waals surface area contributed by atoms with Crippen LogP contribution in [0.5, 0.6) is 0 Å². The van der Waals surface area contributed by atoms with Gasteiger partial charge < -0.3 is 5.32 Å². The van der Waals surface area contributed by atoms with Gasteiger partial charge in [0.1, 0.15) is 0 Å². The second kappa shape index (κ2) is 8.71. The first-order chi connectivity index (χ1) is 11.8. The maximum absolute atomic E-state index is 12.1. The van der Waals surface area contributed by atoms with Crippen molar-refractivity contribution >= 4 is 45.0 Å². The lowest BCUT2D eigenvalue weighted by atomic mass is 10.2. The van der Waals surface area contributed by atoms with Crippen LogP contribution in [0.4, 0.5) is 5.69 Å². The number of carbonyl (C=O) groups is 1. The number of amides is 1. The van der Waals surface area contributed by atoms with Crippen molar-refractivity contribution in [2.45, 2.75) is 10.6 Å². The van der Waals surface area contributed by atoms with Crippen LogP contribution in [0.3, 0.4) is 0 Å². The molecule has 0 aromatic heterocycles. The molecule has 2 aromatic rings. The Morgan fingerprint density at radius 3 is 2.56 bits per heavy atom. The van der Waals surface area contributed by atoms with Gasteiger partial charge in [0.2, 0.25) is 15.9 Å². The number of thioether (sulfide) groups is 1. The van der Waals surface area contributed by atoms with Gasteiger partial charge in [-0.2, -0.15) is 0 Å². The summed E-state index contributed by atoms with van der Waals surface area (Å²) in [5.41, 5.74) is 1.50. The Morgan fingerprint density at radius 1 is 1.16 bits per heavy atom. The van der Waals surface area contributed by atoms with E-state index in [4.69, 9.17) is 11.6 Å². The standard InChI is InChI=1S/C17H19ClN2O3S2/c1-20(2)25(22,23)16-8-4-7-15(10-16)19-17(21)12-24-11-13-5-3-6-14(18)9-13/h3-10H,11-12H2,1-2H3,(H,19,21). The van der Waals surface area contributed by atoms with Gasteiger partial charge in [0, 0.05) is 30.6 Å². The summed E-state index contributed by atoms with van der Waals surface area (Å²) < 4.78 is 25.4. The molecule has 0 heterocycles. The molecule has 0 atom stereocenters. The summed E-state index contributed by atoms with van der Waals surface area (Å²) in [5.74, 6) is 0.742. The summed E-state index contributed by atoms with van der Waals surface area (Å²) in [7, 11) is -0.597. The normalized spacial score (nSPS) is 11.5. The minimum absolute atomic E-state index is 0.141. The molecule has 2 aromatic carbocycles. The number of nitrogens with one attached hydrogen (secondary N) is 1. The number of nitrogens with zero attached hydrogens (tertiary/aromatic N) is 1. The number of anilines is 1. The highest BCUT2D eigenvalue weighted by Gasteiger charge is 2.17. The van der Waals surface area contributed by atoms with Gasteiger partial charge in [-0.3, -0.25) is 4.79 Å². The van der Waals surface area contributed by atoms with Crippen LogP contribution in [0.15, 0.2) is 53.4 Å². The number of halogens is 1. The Bertz CT molecular complexity index is 854. The van der Waals surface area contributed by atoms with Crippen molar-refractivity contribution in [2.75, 3.05) is 25.2 Å². The lowest BCUT2D eigenvalue weighted by Crippen LogP contribution is -2.22. The van der Waals surface area contributed by atoms with Gasteiger partial charge in [-0.05, 0) is 35.9 Å². The van der Waals surface area contributed by atoms with Crippen LogP contribution in [0, 0.1) is 0 Å². The Balaban J connectivity index is 1.92. The van der Waals surface area contributed by atoms with Gasteiger partial charge in [-0.1, -0.05) is 29.8 Å². The molecule has 0 aliphatic carbocycles. The van der Waals surface area contributed by atoms with E-state index in [1.807, 2.05) is 18.2 Å². The van der Waals surface area contributed by atoms with E-state index in [1.165, 1.54) is 38.0 Å². The Morgan fingerprint density at radius 2 is 1.88 bits per heavy atom. The molecule has 1 N–H and O–H groups in total. The molecule has 0 fully saturated rings. The molecule has 0 saturated heterocycles. The average Bonchev–Trinajstić information content (AvgIpc) is 2.55. The first kappa shape index (κ1) is 19.8. The Labute approximate surface area is 157 Å². The number of benzene rings is 2. The van der Waals surface area contributed by atoms with Crippen molar-refractivity contribution in [2.24, 2.45) is 0 Å². The molecule has 2 rings (SSSR count). The molecule has 25 heavy (non-hydrogen) atoms. The van der Waals surface area contributed by atoms with E-state index >= 15 is 0 Å². The van der Waals surface area contributed by atoms with E-state index in [-0.39, 0.29) is 16.6 Å². The molecule has 0 spiro atoms. The van der Waals surface area contributed by atoms with Crippen LogP contribution < -0.4 is 5.32 Å². The van der Waals surface area contributed by atoms with E-state index in [9.17, 15) is 13.2 Å². The maximum Gasteiger partial charge on any atom is 0.242 e. The van der Waals surface area contributed by atoms with Crippen LogP contribution in [0.25, 0.3) is 0 Å². The first-order valence-corrected chi connectivity index (χ1v) is 10.4. The van der Waals surface area contributed by atoms with Crippen molar-refractivity contribution in [1.29, 1.82) is 0 Å². The van der Waals surface area contributed by atoms with E-state index in [0.717, 1.165) is 9.87 Å². The maximum atomic E-state index is 12.1. The Hall–Kier alpha value is -1.54. The summed E-state index contributed by atoms with van der Waals surface area (Å²) in [4.78, 5) is 12.2. The molecule has 0 aliphatic rings. The van der Waals surface area contributed by atoms with Crippen molar-refractivity contribution in [3.8, 4) is 0 Å².